The van der Waals surface area contributed by atoms with Crippen molar-refractivity contribution in [2.24, 2.45) is 17.8 Å². The number of anilines is 1. The highest BCUT2D eigenvalue weighted by Crippen LogP contribution is 2.50. The number of carbonyl (C=O) groups excluding carboxylic acids is 2. The zero-order valence-electron chi connectivity index (χ0n) is 22.2. The maximum absolute atomic E-state index is 13.7. The van der Waals surface area contributed by atoms with E-state index < -0.39 is 19.0 Å². The molecule has 0 spiro atoms. The maximum Gasteiger partial charge on any atom is 0.488 e. The number of hydrogen-bond acceptors (Lipinski definition) is 8. The molecule has 3 heterocycles. The fourth-order valence-electron chi connectivity index (χ4n) is 6.28. The minimum Gasteiger partial charge on any atom is -0.459 e. The van der Waals surface area contributed by atoms with Gasteiger partial charge in [0, 0.05) is 13.0 Å². The van der Waals surface area contributed by atoms with Gasteiger partial charge in [0.1, 0.15) is 18.1 Å². The van der Waals surface area contributed by atoms with E-state index in [1.165, 1.54) is 22.6 Å². The summed E-state index contributed by atoms with van der Waals surface area (Å²) in [5.41, 5.74) is 3.85. The number of aliphatic hydroxyl groups is 1. The van der Waals surface area contributed by atoms with Gasteiger partial charge in [-0.3, -0.25) is 14.5 Å². The number of rotatable bonds is 10. The second kappa shape index (κ2) is 11.6. The molecule has 1 aromatic carbocycles. The van der Waals surface area contributed by atoms with Crippen molar-refractivity contribution in [2.75, 3.05) is 25.2 Å². The summed E-state index contributed by atoms with van der Waals surface area (Å²) in [5.74, 6) is -0.567. The number of amides is 2. The number of benzene rings is 1. The molecule has 206 valence electrons. The summed E-state index contributed by atoms with van der Waals surface area (Å²) in [5, 5.41) is 28.4. The fourth-order valence-corrected chi connectivity index (χ4v) is 6.28. The zero-order valence-corrected chi connectivity index (χ0v) is 22.2. The zero-order chi connectivity index (χ0) is 27.7. The SMILES string of the molecule is CC/C(=C\c1ccc(CO)o1)CC[C@H]1OC[C@H]2C1=C(COC)C[C@H]1C(=O)N(c3cccc(B(O)O)c3)C(=O)[C@H]12. The molecule has 0 radical (unpaired) electrons. The molecule has 2 fully saturated rings. The molecule has 39 heavy (non-hydrogen) atoms. The number of furan rings is 1. The number of allylic oxidation sites excluding steroid dienone is 1. The smallest absolute Gasteiger partial charge is 0.459 e. The molecule has 1 aliphatic carbocycles. The summed E-state index contributed by atoms with van der Waals surface area (Å²) in [6, 6.07) is 9.85. The standard InChI is InChI=1S/C29H34BNO8/c1-3-17(11-21-8-9-22(14-32)39-21)7-10-25-26-18(15-37-2)12-23-27(24(26)16-38-25)29(34)31(28(23)33)20-6-4-5-19(13-20)30(35)36/h4-6,8-9,11,13,23-25,27,32,35-36H,3,7,10,12,14-16H2,1-2H3/b17-11+/t23-,24+,25-,27-/m1/s1. The van der Waals surface area contributed by atoms with Crippen molar-refractivity contribution in [1.29, 1.82) is 0 Å². The van der Waals surface area contributed by atoms with Crippen LogP contribution in [0.1, 0.15) is 44.1 Å². The topological polar surface area (TPSA) is 130 Å². The Morgan fingerprint density at radius 2 is 2.00 bits per heavy atom. The molecule has 2 aromatic rings. The van der Waals surface area contributed by atoms with Crippen LogP contribution >= 0.6 is 0 Å². The molecule has 1 aromatic heterocycles. The second-order valence-corrected chi connectivity index (χ2v) is 10.4. The van der Waals surface area contributed by atoms with E-state index in [2.05, 4.69) is 6.92 Å². The summed E-state index contributed by atoms with van der Waals surface area (Å²) in [6.07, 6.45) is 4.60. The molecule has 2 saturated heterocycles. The highest BCUT2D eigenvalue weighted by atomic mass is 16.5. The lowest BCUT2D eigenvalue weighted by Gasteiger charge is -2.31. The van der Waals surface area contributed by atoms with Crippen LogP contribution in [0.25, 0.3) is 6.08 Å². The van der Waals surface area contributed by atoms with Crippen LogP contribution in [0.2, 0.25) is 0 Å². The van der Waals surface area contributed by atoms with E-state index in [-0.39, 0.29) is 35.9 Å². The Kier molecular flexibility index (Phi) is 8.20. The van der Waals surface area contributed by atoms with Crippen LogP contribution in [-0.4, -0.2) is 60.5 Å². The lowest BCUT2D eigenvalue weighted by molar-refractivity contribution is -0.122. The predicted octanol–water partition coefficient (Wildman–Crippen LogP) is 2.19. The van der Waals surface area contributed by atoms with Gasteiger partial charge in [-0.05, 0) is 72.6 Å². The van der Waals surface area contributed by atoms with Gasteiger partial charge in [0.2, 0.25) is 11.8 Å². The van der Waals surface area contributed by atoms with Crippen LogP contribution in [0.5, 0.6) is 0 Å². The fraction of sp³-hybridized carbons (Fsp3) is 0.448. The summed E-state index contributed by atoms with van der Waals surface area (Å²) >= 11 is 0. The first-order chi connectivity index (χ1) is 18.9. The Morgan fingerprint density at radius 3 is 2.69 bits per heavy atom. The Bertz CT molecular complexity index is 1300. The Hall–Kier alpha value is -3.02. The number of imide groups is 1. The van der Waals surface area contributed by atoms with Gasteiger partial charge < -0.3 is 29.0 Å². The maximum atomic E-state index is 13.7. The van der Waals surface area contributed by atoms with E-state index in [9.17, 15) is 24.7 Å². The van der Waals surface area contributed by atoms with Crippen LogP contribution in [0.15, 0.2) is 57.5 Å². The molecule has 3 aliphatic rings. The lowest BCUT2D eigenvalue weighted by Crippen LogP contribution is -2.36. The molecular formula is C29H34BNO8. The molecule has 0 unspecified atom stereocenters. The summed E-state index contributed by atoms with van der Waals surface area (Å²) in [7, 11) is -0.0710. The molecule has 4 atom stereocenters. The third-order valence-electron chi connectivity index (χ3n) is 8.12. The first kappa shape index (κ1) is 27.5. The minimum absolute atomic E-state index is 0.140. The molecule has 0 bridgehead atoms. The van der Waals surface area contributed by atoms with Crippen molar-refractivity contribution in [3.05, 3.63) is 64.6 Å². The normalized spacial score (nSPS) is 24.9. The van der Waals surface area contributed by atoms with Crippen LogP contribution in [-0.2, 0) is 25.7 Å². The van der Waals surface area contributed by atoms with E-state index in [0.29, 0.717) is 36.8 Å². The van der Waals surface area contributed by atoms with Crippen molar-refractivity contribution >= 4 is 36.2 Å². The van der Waals surface area contributed by atoms with Gasteiger partial charge in [0.15, 0.2) is 0 Å². The van der Waals surface area contributed by atoms with E-state index in [4.69, 9.17) is 13.9 Å². The molecular weight excluding hydrogens is 501 g/mol. The molecule has 2 aliphatic heterocycles. The van der Waals surface area contributed by atoms with E-state index >= 15 is 0 Å². The second-order valence-electron chi connectivity index (χ2n) is 10.4. The van der Waals surface area contributed by atoms with Gasteiger partial charge in [0.25, 0.3) is 0 Å². The molecule has 9 nitrogen and oxygen atoms in total. The Morgan fingerprint density at radius 1 is 1.18 bits per heavy atom. The molecule has 2 amide bonds. The number of carbonyl (C=O) groups is 2. The van der Waals surface area contributed by atoms with Gasteiger partial charge in [-0.15, -0.1) is 0 Å². The van der Waals surface area contributed by atoms with Crippen LogP contribution < -0.4 is 10.4 Å². The van der Waals surface area contributed by atoms with Crippen molar-refractivity contribution in [3.8, 4) is 0 Å². The number of fused-ring (bicyclic) bond motifs is 3. The van der Waals surface area contributed by atoms with Gasteiger partial charge in [-0.1, -0.05) is 24.6 Å². The first-order valence-electron chi connectivity index (χ1n) is 13.4. The molecule has 5 rings (SSSR count). The van der Waals surface area contributed by atoms with Crippen molar-refractivity contribution in [3.63, 3.8) is 0 Å². The predicted molar refractivity (Wildman–Crippen MR) is 145 cm³/mol. The highest BCUT2D eigenvalue weighted by molar-refractivity contribution is 6.58. The monoisotopic (exact) mass is 535 g/mol. The van der Waals surface area contributed by atoms with Crippen molar-refractivity contribution in [1.82, 2.24) is 0 Å². The van der Waals surface area contributed by atoms with E-state index in [1.54, 1.807) is 25.3 Å². The molecule has 10 heteroatoms. The van der Waals surface area contributed by atoms with E-state index in [0.717, 1.165) is 30.4 Å². The number of aliphatic hydroxyl groups excluding tert-OH is 1. The highest BCUT2D eigenvalue weighted by Gasteiger charge is 2.57. The largest absolute Gasteiger partial charge is 0.488 e. The minimum atomic E-state index is -1.70. The number of hydrogen-bond donors (Lipinski definition) is 3. The van der Waals surface area contributed by atoms with Gasteiger partial charge >= 0.3 is 7.12 Å². The third kappa shape index (κ3) is 5.27. The Balaban J connectivity index is 1.38. The van der Waals surface area contributed by atoms with Crippen molar-refractivity contribution in [2.45, 2.75) is 45.3 Å². The molecule has 3 N–H and O–H groups in total. The average molecular weight is 535 g/mol. The van der Waals surface area contributed by atoms with E-state index in [1.807, 2.05) is 12.1 Å². The van der Waals surface area contributed by atoms with Crippen LogP contribution in [0.4, 0.5) is 5.69 Å². The van der Waals surface area contributed by atoms with Gasteiger partial charge in [0.05, 0.1) is 36.8 Å². The van der Waals surface area contributed by atoms with Crippen LogP contribution in [0, 0.1) is 17.8 Å². The lowest BCUT2D eigenvalue weighted by atomic mass is 9.69. The number of nitrogens with zero attached hydrogens (tertiary/aromatic N) is 1. The number of methoxy groups -OCH3 is 1. The van der Waals surface area contributed by atoms with Gasteiger partial charge in [-0.2, -0.15) is 0 Å². The average Bonchev–Trinajstić information content (AvgIpc) is 3.63. The van der Waals surface area contributed by atoms with Gasteiger partial charge in [-0.25, -0.2) is 0 Å². The first-order valence-corrected chi connectivity index (χ1v) is 13.4. The summed E-state index contributed by atoms with van der Waals surface area (Å²) in [6.45, 7) is 2.68. The Labute approximate surface area is 227 Å². The number of ether oxygens (including phenoxy) is 2. The molecule has 0 saturated carbocycles. The quantitative estimate of drug-likeness (QED) is 0.240. The van der Waals surface area contributed by atoms with Crippen LogP contribution in [0.3, 0.4) is 0 Å². The summed E-state index contributed by atoms with van der Waals surface area (Å²) in [4.78, 5) is 28.5. The third-order valence-corrected chi connectivity index (χ3v) is 8.12. The summed E-state index contributed by atoms with van der Waals surface area (Å²) < 4.78 is 17.4. The van der Waals surface area contributed by atoms with Crippen molar-refractivity contribution < 1.29 is 38.6 Å².